The molecule has 1 aliphatic carbocycles. The highest BCUT2D eigenvalue weighted by Gasteiger charge is 2.39. The molecular weight excluding hydrogens is 236 g/mol. The van der Waals surface area contributed by atoms with Crippen LogP contribution >= 0.6 is 0 Å². The van der Waals surface area contributed by atoms with Crippen molar-refractivity contribution in [3.63, 3.8) is 0 Å². The average Bonchev–Trinajstić information content (AvgIpc) is 3.12. The summed E-state index contributed by atoms with van der Waals surface area (Å²) in [6, 6.07) is 2.82. The number of fused-ring (bicyclic) bond motifs is 3. The molecule has 2 unspecified atom stereocenters. The minimum Gasteiger partial charge on any atom is -0.353 e. The molecule has 4 nitrogen and oxygen atoms in total. The molecule has 2 aromatic heterocycles. The number of anilines is 1. The fraction of sp³-hybridized carbons (Fsp3) is 0.600. The Hall–Kier alpha value is -1.58. The first-order valence-corrected chi connectivity index (χ1v) is 7.34. The first-order valence-electron chi connectivity index (χ1n) is 7.34. The molecule has 4 heteroatoms. The lowest BCUT2D eigenvalue weighted by atomic mass is 10.1. The topological polar surface area (TPSA) is 44.8 Å². The second-order valence-corrected chi connectivity index (χ2v) is 6.29. The normalized spacial score (nSPS) is 25.9. The highest BCUT2D eigenvalue weighted by atomic mass is 15.3. The summed E-state index contributed by atoms with van der Waals surface area (Å²) in [5, 5.41) is 1.18. The van der Waals surface area contributed by atoms with Gasteiger partial charge in [0.1, 0.15) is 17.3 Å². The van der Waals surface area contributed by atoms with Crippen LogP contribution in [0.2, 0.25) is 0 Å². The second kappa shape index (κ2) is 3.95. The third-order valence-corrected chi connectivity index (χ3v) is 4.61. The van der Waals surface area contributed by atoms with Crippen molar-refractivity contribution in [2.45, 2.75) is 45.1 Å². The lowest BCUT2D eigenvalue weighted by molar-refractivity contribution is 0.550. The smallest absolute Gasteiger partial charge is 0.143 e. The fourth-order valence-corrected chi connectivity index (χ4v) is 3.60. The molecule has 2 aliphatic rings. The van der Waals surface area contributed by atoms with E-state index in [2.05, 4.69) is 34.8 Å². The molecule has 3 heterocycles. The maximum absolute atomic E-state index is 4.87. The van der Waals surface area contributed by atoms with Gasteiger partial charge in [-0.1, -0.05) is 13.8 Å². The zero-order chi connectivity index (χ0) is 13.0. The van der Waals surface area contributed by atoms with Crippen LogP contribution in [0.1, 0.15) is 44.9 Å². The van der Waals surface area contributed by atoms with Crippen molar-refractivity contribution in [2.75, 3.05) is 11.4 Å². The molecule has 0 spiro atoms. The monoisotopic (exact) mass is 256 g/mol. The average molecular weight is 256 g/mol. The Labute approximate surface area is 113 Å². The molecule has 0 aromatic carbocycles. The summed E-state index contributed by atoms with van der Waals surface area (Å²) >= 11 is 0. The van der Waals surface area contributed by atoms with Crippen LogP contribution in [0.25, 0.3) is 11.0 Å². The largest absolute Gasteiger partial charge is 0.353 e. The molecule has 2 fully saturated rings. The SMILES string of the molecule is CC(C)c1nc(N2CC3CCC2C3)c2cc[nH]c2n1. The molecule has 4 rings (SSSR count). The van der Waals surface area contributed by atoms with Crippen LogP contribution in [0.5, 0.6) is 0 Å². The van der Waals surface area contributed by atoms with Crippen LogP contribution in [0.4, 0.5) is 5.82 Å². The Morgan fingerprint density at radius 1 is 1.32 bits per heavy atom. The highest BCUT2D eigenvalue weighted by Crippen LogP contribution is 2.41. The third-order valence-electron chi connectivity index (χ3n) is 4.61. The summed E-state index contributed by atoms with van der Waals surface area (Å²) in [6.07, 6.45) is 6.06. The number of aromatic nitrogens is 3. The van der Waals surface area contributed by atoms with Crippen molar-refractivity contribution in [3.05, 3.63) is 18.1 Å². The van der Waals surface area contributed by atoms with E-state index in [1.807, 2.05) is 6.20 Å². The molecule has 19 heavy (non-hydrogen) atoms. The minimum absolute atomic E-state index is 0.367. The Morgan fingerprint density at radius 2 is 2.21 bits per heavy atom. The van der Waals surface area contributed by atoms with Crippen molar-refractivity contribution in [1.29, 1.82) is 0 Å². The van der Waals surface area contributed by atoms with E-state index in [9.17, 15) is 0 Å². The van der Waals surface area contributed by atoms with Crippen molar-refractivity contribution < 1.29 is 0 Å². The highest BCUT2D eigenvalue weighted by molar-refractivity contribution is 5.88. The summed E-state index contributed by atoms with van der Waals surface area (Å²) in [5.74, 6) is 3.36. The molecule has 100 valence electrons. The summed E-state index contributed by atoms with van der Waals surface area (Å²) in [6.45, 7) is 5.49. The van der Waals surface area contributed by atoms with Gasteiger partial charge in [-0.2, -0.15) is 0 Å². The van der Waals surface area contributed by atoms with E-state index in [1.165, 1.54) is 31.2 Å². The standard InChI is InChI=1S/C15H20N4/c1-9(2)13-17-14-12(5-6-16-14)15(18-13)19-8-10-3-4-11(19)7-10/h5-6,9-11H,3-4,7-8H2,1-2H3,(H,16,17,18). The van der Waals surface area contributed by atoms with Gasteiger partial charge < -0.3 is 9.88 Å². The van der Waals surface area contributed by atoms with Gasteiger partial charge in [0.15, 0.2) is 0 Å². The number of H-pyrrole nitrogens is 1. The first-order chi connectivity index (χ1) is 9.22. The Kier molecular flexibility index (Phi) is 2.34. The summed E-state index contributed by atoms with van der Waals surface area (Å²) < 4.78 is 0. The number of hydrogen-bond donors (Lipinski definition) is 1. The molecule has 2 aromatic rings. The quantitative estimate of drug-likeness (QED) is 0.898. The van der Waals surface area contributed by atoms with E-state index >= 15 is 0 Å². The van der Waals surface area contributed by atoms with Gasteiger partial charge >= 0.3 is 0 Å². The molecule has 0 radical (unpaired) electrons. The zero-order valence-electron chi connectivity index (χ0n) is 11.6. The van der Waals surface area contributed by atoms with Crippen LogP contribution in [-0.2, 0) is 0 Å². The van der Waals surface area contributed by atoms with Crippen molar-refractivity contribution >= 4 is 16.9 Å². The van der Waals surface area contributed by atoms with Crippen LogP contribution in [0.15, 0.2) is 12.3 Å². The third kappa shape index (κ3) is 1.66. The van der Waals surface area contributed by atoms with Crippen LogP contribution in [0, 0.1) is 5.92 Å². The first kappa shape index (κ1) is 11.3. The number of nitrogens with zero attached hydrogens (tertiary/aromatic N) is 3. The van der Waals surface area contributed by atoms with Gasteiger partial charge in [-0.3, -0.25) is 0 Å². The molecule has 2 atom stereocenters. The van der Waals surface area contributed by atoms with E-state index in [-0.39, 0.29) is 0 Å². The van der Waals surface area contributed by atoms with Crippen LogP contribution in [0.3, 0.4) is 0 Å². The van der Waals surface area contributed by atoms with Gasteiger partial charge in [0.05, 0.1) is 5.39 Å². The predicted molar refractivity (Wildman–Crippen MR) is 76.5 cm³/mol. The van der Waals surface area contributed by atoms with Gasteiger partial charge in [0.25, 0.3) is 0 Å². The summed E-state index contributed by atoms with van der Waals surface area (Å²) in [5.41, 5.74) is 0.983. The Bertz CT molecular complexity index is 616. The van der Waals surface area contributed by atoms with E-state index < -0.39 is 0 Å². The van der Waals surface area contributed by atoms with Crippen molar-refractivity contribution in [2.24, 2.45) is 5.92 Å². The van der Waals surface area contributed by atoms with Crippen molar-refractivity contribution in [3.8, 4) is 0 Å². The predicted octanol–water partition coefficient (Wildman–Crippen LogP) is 3.07. The number of hydrogen-bond acceptors (Lipinski definition) is 3. The maximum Gasteiger partial charge on any atom is 0.143 e. The van der Waals surface area contributed by atoms with Crippen LogP contribution < -0.4 is 4.90 Å². The van der Waals surface area contributed by atoms with Gasteiger partial charge in [-0.15, -0.1) is 0 Å². The van der Waals surface area contributed by atoms with Gasteiger partial charge in [0.2, 0.25) is 0 Å². The van der Waals surface area contributed by atoms with E-state index in [4.69, 9.17) is 4.98 Å². The lowest BCUT2D eigenvalue weighted by Gasteiger charge is -2.29. The van der Waals surface area contributed by atoms with Crippen LogP contribution in [-0.4, -0.2) is 27.5 Å². The van der Waals surface area contributed by atoms with Gasteiger partial charge in [-0.25, -0.2) is 9.97 Å². The van der Waals surface area contributed by atoms with Crippen molar-refractivity contribution in [1.82, 2.24) is 15.0 Å². The second-order valence-electron chi connectivity index (χ2n) is 6.29. The molecule has 1 saturated carbocycles. The molecular formula is C15H20N4. The van der Waals surface area contributed by atoms with Gasteiger partial charge in [0, 0.05) is 24.7 Å². The maximum atomic E-state index is 4.87. The zero-order valence-corrected chi connectivity index (χ0v) is 11.6. The number of nitrogens with one attached hydrogen (secondary N) is 1. The molecule has 2 bridgehead atoms. The van der Waals surface area contributed by atoms with E-state index in [0.29, 0.717) is 12.0 Å². The fourth-order valence-electron chi connectivity index (χ4n) is 3.60. The number of piperidine rings is 1. The Balaban J connectivity index is 1.85. The number of rotatable bonds is 2. The number of aromatic amines is 1. The van der Waals surface area contributed by atoms with E-state index in [0.717, 1.165) is 23.2 Å². The Morgan fingerprint density at radius 3 is 2.89 bits per heavy atom. The van der Waals surface area contributed by atoms with E-state index in [1.54, 1.807) is 0 Å². The molecule has 1 saturated heterocycles. The molecule has 1 aliphatic heterocycles. The minimum atomic E-state index is 0.367. The van der Waals surface area contributed by atoms with Gasteiger partial charge in [-0.05, 0) is 31.2 Å². The summed E-state index contributed by atoms with van der Waals surface area (Å²) in [7, 11) is 0. The lowest BCUT2D eigenvalue weighted by Crippen LogP contribution is -2.33. The summed E-state index contributed by atoms with van der Waals surface area (Å²) in [4.78, 5) is 15.3. The molecule has 1 N–H and O–H groups in total. The molecule has 0 amide bonds.